The number of nitrogens with one attached hydrogen (secondary N) is 1. The summed E-state index contributed by atoms with van der Waals surface area (Å²) in [5, 5.41) is 0. The molecule has 1 saturated heterocycles. The van der Waals surface area contributed by atoms with Gasteiger partial charge in [0.15, 0.2) is 0 Å². The molecule has 0 saturated carbocycles. The van der Waals surface area contributed by atoms with Gasteiger partial charge in [0.25, 0.3) is 5.91 Å². The van der Waals surface area contributed by atoms with Crippen LogP contribution in [0.3, 0.4) is 0 Å². The Morgan fingerprint density at radius 2 is 1.75 bits per heavy atom. The number of carbonyl (C=O) groups is 1. The Morgan fingerprint density at radius 3 is 2.32 bits per heavy atom. The largest absolute Gasteiger partial charge is 0.375 e. The molecule has 4 heteroatoms. The van der Waals surface area contributed by atoms with Crippen molar-refractivity contribution < 1.29 is 9.53 Å². The van der Waals surface area contributed by atoms with Crippen molar-refractivity contribution in [2.45, 2.75) is 25.4 Å². The first kappa shape index (κ1) is 18.5. The van der Waals surface area contributed by atoms with Crippen LogP contribution in [0.15, 0.2) is 72.9 Å². The van der Waals surface area contributed by atoms with Crippen molar-refractivity contribution in [3.05, 3.63) is 95.3 Å². The molecule has 0 aliphatic carbocycles. The maximum absolute atomic E-state index is 12.8. The highest BCUT2D eigenvalue weighted by Gasteiger charge is 2.28. The smallest absolute Gasteiger partial charge is 0.270 e. The van der Waals surface area contributed by atoms with E-state index in [0.29, 0.717) is 25.4 Å². The Bertz CT molecular complexity index is 865. The maximum Gasteiger partial charge on any atom is 0.270 e. The van der Waals surface area contributed by atoms with E-state index in [2.05, 4.69) is 53.5 Å². The van der Waals surface area contributed by atoms with Gasteiger partial charge in [0.1, 0.15) is 5.69 Å². The van der Waals surface area contributed by atoms with E-state index in [1.54, 1.807) is 0 Å². The number of amides is 1. The molecule has 2 aromatic carbocycles. The molecular weight excluding hydrogens is 348 g/mol. The van der Waals surface area contributed by atoms with Gasteiger partial charge in [0.2, 0.25) is 0 Å². The second-order valence-corrected chi connectivity index (χ2v) is 7.44. The Labute approximate surface area is 166 Å². The summed E-state index contributed by atoms with van der Waals surface area (Å²) < 4.78 is 6.07. The number of hydrogen-bond acceptors (Lipinski definition) is 2. The molecule has 1 N–H and O–H groups in total. The monoisotopic (exact) mass is 374 g/mol. The number of aromatic nitrogens is 1. The van der Waals surface area contributed by atoms with E-state index >= 15 is 0 Å². The highest BCUT2D eigenvalue weighted by molar-refractivity contribution is 5.92. The fraction of sp³-hybridized carbons (Fsp3) is 0.292. The molecule has 3 aromatic rings. The highest BCUT2D eigenvalue weighted by atomic mass is 16.5. The summed E-state index contributed by atoms with van der Waals surface area (Å²) in [6.45, 7) is 3.81. The number of carbonyl (C=O) groups excluding carboxylic acids is 1. The molecule has 1 amide bonds. The van der Waals surface area contributed by atoms with Gasteiger partial charge in [0.05, 0.1) is 12.7 Å². The van der Waals surface area contributed by atoms with Gasteiger partial charge in [-0.3, -0.25) is 4.79 Å². The fourth-order valence-corrected chi connectivity index (χ4v) is 3.94. The van der Waals surface area contributed by atoms with Crippen LogP contribution in [0.5, 0.6) is 0 Å². The molecule has 0 spiro atoms. The number of aryl methyl sites for hydroxylation is 1. The first-order valence-corrected chi connectivity index (χ1v) is 9.86. The molecule has 4 nitrogen and oxygen atoms in total. The zero-order valence-corrected chi connectivity index (χ0v) is 16.2. The van der Waals surface area contributed by atoms with Gasteiger partial charge >= 0.3 is 0 Å². The van der Waals surface area contributed by atoms with Crippen LogP contribution in [0.4, 0.5) is 0 Å². The number of aromatic amines is 1. The summed E-state index contributed by atoms with van der Waals surface area (Å²) >= 11 is 0. The van der Waals surface area contributed by atoms with E-state index in [-0.39, 0.29) is 17.9 Å². The summed E-state index contributed by atoms with van der Waals surface area (Å²) in [5.74, 6) is 0.299. The lowest BCUT2D eigenvalue weighted by atomic mass is 9.86. The molecule has 0 bridgehead atoms. The van der Waals surface area contributed by atoms with Crippen molar-refractivity contribution in [3.63, 3.8) is 0 Å². The molecule has 28 heavy (non-hydrogen) atoms. The average Bonchev–Trinajstić information content (AvgIpc) is 3.19. The molecule has 1 atom stereocenters. The number of hydrogen-bond donors (Lipinski definition) is 1. The lowest BCUT2D eigenvalue weighted by Gasteiger charge is -2.34. The fourth-order valence-electron chi connectivity index (χ4n) is 3.94. The molecule has 144 valence electrons. The van der Waals surface area contributed by atoms with Crippen molar-refractivity contribution in [1.82, 2.24) is 9.88 Å². The van der Waals surface area contributed by atoms with Gasteiger partial charge in [-0.25, -0.2) is 0 Å². The summed E-state index contributed by atoms with van der Waals surface area (Å²) in [7, 11) is 0. The molecule has 1 fully saturated rings. The molecule has 0 unspecified atom stereocenters. The number of rotatable bonds is 5. The van der Waals surface area contributed by atoms with Crippen LogP contribution < -0.4 is 0 Å². The van der Waals surface area contributed by atoms with Crippen LogP contribution in [0.1, 0.15) is 39.5 Å². The van der Waals surface area contributed by atoms with E-state index in [1.807, 2.05) is 36.2 Å². The van der Waals surface area contributed by atoms with E-state index in [0.717, 1.165) is 12.0 Å². The van der Waals surface area contributed by atoms with Crippen LogP contribution in [-0.4, -0.2) is 41.6 Å². The van der Waals surface area contributed by atoms with Crippen molar-refractivity contribution in [3.8, 4) is 0 Å². The zero-order chi connectivity index (χ0) is 19.3. The Morgan fingerprint density at radius 1 is 1.11 bits per heavy atom. The van der Waals surface area contributed by atoms with Crippen LogP contribution in [0.25, 0.3) is 0 Å². The Kier molecular flexibility index (Phi) is 5.58. The summed E-state index contributed by atoms with van der Waals surface area (Å²) in [4.78, 5) is 17.8. The third-order valence-corrected chi connectivity index (χ3v) is 5.39. The van der Waals surface area contributed by atoms with Gasteiger partial charge in [-0.15, -0.1) is 0 Å². The Hall–Kier alpha value is -2.85. The molecule has 1 aromatic heterocycles. The van der Waals surface area contributed by atoms with Crippen LogP contribution in [0, 0.1) is 6.92 Å². The minimum Gasteiger partial charge on any atom is -0.375 e. The van der Waals surface area contributed by atoms with Crippen molar-refractivity contribution >= 4 is 5.91 Å². The lowest BCUT2D eigenvalue weighted by molar-refractivity contribution is -0.0265. The number of H-pyrrole nitrogens is 1. The average molecular weight is 374 g/mol. The van der Waals surface area contributed by atoms with Crippen LogP contribution >= 0.6 is 0 Å². The van der Waals surface area contributed by atoms with Crippen LogP contribution in [0.2, 0.25) is 0 Å². The third kappa shape index (κ3) is 4.18. The van der Waals surface area contributed by atoms with E-state index in [9.17, 15) is 4.79 Å². The SMILES string of the molecule is Cc1c[nH]c(C(=O)N2CCO[C@H](CC(c3ccccc3)c3ccccc3)C2)c1. The van der Waals surface area contributed by atoms with E-state index < -0.39 is 0 Å². The topological polar surface area (TPSA) is 45.3 Å². The van der Waals surface area contributed by atoms with Gasteiger partial charge in [0, 0.05) is 25.2 Å². The minimum absolute atomic E-state index is 0.0131. The predicted octanol–water partition coefficient (Wildman–Crippen LogP) is 4.39. The Balaban J connectivity index is 1.51. The standard InChI is InChI=1S/C24H26N2O2/c1-18-14-23(25-16-18)24(27)26-12-13-28-21(17-26)15-22(19-8-4-2-5-9-19)20-10-6-3-7-11-20/h2-11,14,16,21-22,25H,12-13,15,17H2,1H3/t21-/m1/s1. The summed E-state index contributed by atoms with van der Waals surface area (Å²) in [5.41, 5.74) is 4.28. The molecular formula is C24H26N2O2. The lowest BCUT2D eigenvalue weighted by Crippen LogP contribution is -2.46. The van der Waals surface area contributed by atoms with Crippen LogP contribution in [-0.2, 0) is 4.74 Å². The van der Waals surface area contributed by atoms with Crippen molar-refractivity contribution in [2.24, 2.45) is 0 Å². The van der Waals surface area contributed by atoms with E-state index in [4.69, 9.17) is 4.74 Å². The minimum atomic E-state index is 0.0131. The second kappa shape index (κ2) is 8.44. The third-order valence-electron chi connectivity index (χ3n) is 5.39. The molecule has 1 aliphatic rings. The van der Waals surface area contributed by atoms with Crippen molar-refractivity contribution in [2.75, 3.05) is 19.7 Å². The first-order valence-electron chi connectivity index (χ1n) is 9.86. The van der Waals surface area contributed by atoms with Gasteiger partial charge in [-0.1, -0.05) is 60.7 Å². The summed E-state index contributed by atoms with van der Waals surface area (Å²) in [6, 6.07) is 23.0. The maximum atomic E-state index is 12.8. The second-order valence-electron chi connectivity index (χ2n) is 7.44. The molecule has 1 aliphatic heterocycles. The molecule has 2 heterocycles. The van der Waals surface area contributed by atoms with Crippen molar-refractivity contribution in [1.29, 1.82) is 0 Å². The number of ether oxygens (including phenoxy) is 1. The van der Waals surface area contributed by atoms with Gasteiger partial charge in [-0.2, -0.15) is 0 Å². The normalized spacial score (nSPS) is 17.1. The predicted molar refractivity (Wildman–Crippen MR) is 111 cm³/mol. The molecule has 0 radical (unpaired) electrons. The highest BCUT2D eigenvalue weighted by Crippen LogP contribution is 2.31. The van der Waals surface area contributed by atoms with Gasteiger partial charge in [-0.05, 0) is 36.1 Å². The van der Waals surface area contributed by atoms with E-state index in [1.165, 1.54) is 11.1 Å². The molecule has 4 rings (SSSR count). The zero-order valence-electron chi connectivity index (χ0n) is 16.2. The number of nitrogens with zero attached hydrogens (tertiary/aromatic N) is 1. The number of benzene rings is 2. The van der Waals surface area contributed by atoms with Gasteiger partial charge < -0.3 is 14.6 Å². The summed E-state index contributed by atoms with van der Waals surface area (Å²) in [6.07, 6.45) is 2.73. The first-order chi connectivity index (χ1) is 13.7. The quantitative estimate of drug-likeness (QED) is 0.720. The number of morpholine rings is 1.